The van der Waals surface area contributed by atoms with E-state index in [1.165, 1.54) is 0 Å². The summed E-state index contributed by atoms with van der Waals surface area (Å²) in [6.45, 7) is -2.22. The van der Waals surface area contributed by atoms with Gasteiger partial charge < -0.3 is 90.3 Å². The molecule has 3 aliphatic rings. The monoisotopic (exact) mass is 651 g/mol. The van der Waals surface area contributed by atoms with Crippen LogP contribution in [0.2, 0.25) is 0 Å². The van der Waals surface area contributed by atoms with Crippen molar-refractivity contribution in [1.29, 1.82) is 0 Å². The van der Waals surface area contributed by atoms with Gasteiger partial charge in [-0.2, -0.15) is 0 Å². The van der Waals surface area contributed by atoms with Crippen LogP contribution in [0.4, 0.5) is 4.39 Å². The third kappa shape index (κ3) is 6.97. The van der Waals surface area contributed by atoms with Crippen molar-refractivity contribution in [2.75, 3.05) is 19.8 Å². The summed E-state index contributed by atoms with van der Waals surface area (Å²) < 4.78 is 42.0. The number of amides is 1. The first-order valence-corrected chi connectivity index (χ1v) is 13.3. The van der Waals surface area contributed by atoms with Crippen molar-refractivity contribution < 1.29 is 98.9 Å². The molecule has 3 heterocycles. The third-order valence-electron chi connectivity index (χ3n) is 7.55. The Bertz CT molecular complexity index is 980. The second kappa shape index (κ2) is 14.8. The van der Waals surface area contributed by atoms with Gasteiger partial charge in [0.2, 0.25) is 5.91 Å². The zero-order valence-electron chi connectivity index (χ0n) is 23.0. The minimum atomic E-state index is -3.73. The number of rotatable bonds is 11. The van der Waals surface area contributed by atoms with E-state index in [0.717, 1.165) is 6.92 Å². The van der Waals surface area contributed by atoms with Gasteiger partial charge >= 0.3 is 11.8 Å². The van der Waals surface area contributed by atoms with Crippen LogP contribution in [0.3, 0.4) is 0 Å². The highest BCUT2D eigenvalue weighted by atomic mass is 19.1. The van der Waals surface area contributed by atoms with Gasteiger partial charge in [0, 0.05) is 6.92 Å². The Hall–Kier alpha value is -1.77. The lowest BCUT2D eigenvalue weighted by atomic mass is 9.86. The van der Waals surface area contributed by atoms with E-state index in [1.807, 2.05) is 5.32 Å². The number of hydrogen-bond acceptors (Lipinski definition) is 18. The lowest BCUT2D eigenvalue weighted by Crippen LogP contribution is -2.75. The molecule has 0 aromatic carbocycles. The van der Waals surface area contributed by atoms with E-state index in [1.54, 1.807) is 0 Å². The van der Waals surface area contributed by atoms with Crippen molar-refractivity contribution in [3.05, 3.63) is 0 Å². The second-order valence-corrected chi connectivity index (χ2v) is 10.5. The fourth-order valence-electron chi connectivity index (χ4n) is 5.16. The quantitative estimate of drug-likeness (QED) is 0.0986. The molecule has 20 nitrogen and oxygen atoms in total. The molecular formula is C23H38FNO19. The lowest BCUT2D eigenvalue weighted by molar-refractivity contribution is -0.394. The minimum Gasteiger partial charge on any atom is -0.477 e. The van der Waals surface area contributed by atoms with Gasteiger partial charge in [-0.05, 0) is 0 Å². The van der Waals surface area contributed by atoms with E-state index in [9.17, 15) is 70.9 Å². The molecule has 0 aliphatic carbocycles. The van der Waals surface area contributed by atoms with Crippen LogP contribution in [0.5, 0.6) is 0 Å². The fourth-order valence-corrected chi connectivity index (χ4v) is 5.16. The predicted molar refractivity (Wildman–Crippen MR) is 130 cm³/mol. The average molecular weight is 652 g/mol. The molecule has 0 aromatic rings. The first-order valence-electron chi connectivity index (χ1n) is 13.3. The van der Waals surface area contributed by atoms with Gasteiger partial charge in [-0.15, -0.1) is 0 Å². The maximum atomic E-state index is 15.8. The van der Waals surface area contributed by atoms with Gasteiger partial charge in [-0.25, -0.2) is 9.18 Å². The van der Waals surface area contributed by atoms with E-state index >= 15 is 4.39 Å². The van der Waals surface area contributed by atoms with Crippen LogP contribution in [0.15, 0.2) is 0 Å². The maximum Gasteiger partial charge on any atom is 0.367 e. The molecule has 3 aliphatic heterocycles. The highest BCUT2D eigenvalue weighted by Crippen LogP contribution is 2.39. The molecule has 0 unspecified atom stereocenters. The number of aliphatic carboxylic acids is 1. The van der Waals surface area contributed by atoms with Crippen LogP contribution in [0, 0.1) is 0 Å². The van der Waals surface area contributed by atoms with Gasteiger partial charge in [0.25, 0.3) is 0 Å². The molecule has 44 heavy (non-hydrogen) atoms. The van der Waals surface area contributed by atoms with Gasteiger partial charge in [-0.1, -0.05) is 0 Å². The number of carboxylic acids is 1. The van der Waals surface area contributed by atoms with Crippen LogP contribution in [0.25, 0.3) is 0 Å². The highest BCUT2D eigenvalue weighted by Gasteiger charge is 2.65. The Morgan fingerprint density at radius 1 is 0.886 bits per heavy atom. The maximum absolute atomic E-state index is 15.8. The number of carboxylic acid groups (broad SMARTS) is 1. The molecule has 0 radical (unpaired) electrons. The normalized spacial score (nSPS) is 46.2. The highest BCUT2D eigenvalue weighted by molar-refractivity contribution is 5.77. The van der Waals surface area contributed by atoms with E-state index < -0.39 is 136 Å². The Labute approximate surface area is 247 Å². The Morgan fingerprint density at radius 2 is 1.50 bits per heavy atom. The molecule has 0 spiro atoms. The third-order valence-corrected chi connectivity index (χ3v) is 7.55. The summed E-state index contributed by atoms with van der Waals surface area (Å²) in [5, 5.41) is 124. The number of carbonyl (C=O) groups excluding carboxylic acids is 1. The molecule has 3 rings (SSSR count). The summed E-state index contributed by atoms with van der Waals surface area (Å²) in [5.41, 5.74) is 0. The number of aliphatic hydroxyl groups excluding tert-OH is 11. The number of hydrogen-bond donors (Lipinski definition) is 13. The molecular weight excluding hydrogens is 613 g/mol. The molecule has 21 heteroatoms. The molecule has 0 aromatic heterocycles. The van der Waals surface area contributed by atoms with Crippen molar-refractivity contribution in [3.8, 4) is 0 Å². The topological polar surface area (TPSA) is 335 Å². The van der Waals surface area contributed by atoms with Gasteiger partial charge in [0.15, 0.2) is 18.8 Å². The fraction of sp³-hybridized carbons (Fsp3) is 0.913. The molecule has 256 valence electrons. The molecule has 3 saturated heterocycles. The molecule has 0 saturated carbocycles. The van der Waals surface area contributed by atoms with Crippen molar-refractivity contribution in [3.63, 3.8) is 0 Å². The number of halogens is 1. The van der Waals surface area contributed by atoms with Crippen molar-refractivity contribution >= 4 is 11.9 Å². The van der Waals surface area contributed by atoms with Crippen molar-refractivity contribution in [2.24, 2.45) is 0 Å². The summed E-state index contributed by atoms with van der Waals surface area (Å²) in [5.74, 6) is -7.00. The molecule has 17 atom stereocenters. The zero-order valence-corrected chi connectivity index (χ0v) is 23.0. The van der Waals surface area contributed by atoms with Gasteiger partial charge in [0.1, 0.15) is 73.2 Å². The zero-order chi connectivity index (χ0) is 33.3. The van der Waals surface area contributed by atoms with Crippen LogP contribution in [-0.4, -0.2) is 197 Å². The second-order valence-electron chi connectivity index (χ2n) is 10.5. The molecule has 3 fully saturated rings. The number of alkyl halides is 1. The number of aliphatic hydroxyl groups is 11. The van der Waals surface area contributed by atoms with Crippen LogP contribution >= 0.6 is 0 Å². The van der Waals surface area contributed by atoms with Crippen molar-refractivity contribution in [1.82, 2.24) is 5.32 Å². The average Bonchev–Trinajstić information content (AvgIpc) is 2.98. The molecule has 1 amide bonds. The summed E-state index contributed by atoms with van der Waals surface area (Å²) in [6.07, 6.45) is -32.4. The van der Waals surface area contributed by atoms with Crippen LogP contribution in [0.1, 0.15) is 6.92 Å². The van der Waals surface area contributed by atoms with Crippen LogP contribution in [-0.2, 0) is 33.3 Å². The SMILES string of the molecule is CC(=O)N[C@@H]1[C@@H](O)[C@@H](F)[C@](O[C@@H]2[C@@H](O)[C@@H](O[C@H]3[C@H](O)[C@@H](O)[C@@H](O)O[C@@H]3CO)O[C@H](CO)[C@H]2O)(C(=O)O)O[C@H]1[C@@H](O)[C@H](O)CO. The van der Waals surface area contributed by atoms with E-state index in [0.29, 0.717) is 0 Å². The van der Waals surface area contributed by atoms with E-state index in [-0.39, 0.29) is 0 Å². The van der Waals surface area contributed by atoms with Crippen molar-refractivity contribution in [2.45, 2.75) is 111 Å². The van der Waals surface area contributed by atoms with E-state index in [2.05, 4.69) is 0 Å². The molecule has 0 bridgehead atoms. The summed E-state index contributed by atoms with van der Waals surface area (Å²) in [7, 11) is 0. The van der Waals surface area contributed by atoms with E-state index in [4.69, 9.17) is 23.7 Å². The van der Waals surface area contributed by atoms with Gasteiger partial charge in [-0.3, -0.25) is 4.79 Å². The standard InChI is InChI=1S/C23H38FNO19/c1-5(29)25-9-12(33)19(24)23(22(38)39,43-17(9)10(31)6(30)2-26)44-18-11(32)7(3-27)41-21(15(18)36)42-16-8(4-28)40-20(37)14(35)13(16)34/h6-21,26-28,30-37H,2-4H2,1H3,(H,25,29)(H,38,39)/t6-,7-,8-,9-,10+,11-,12-,13-,14-,15-,16-,17-,18+,19-,20+,21-,23+/m1/s1. The summed E-state index contributed by atoms with van der Waals surface area (Å²) in [6, 6.07) is -1.94. The predicted octanol–water partition coefficient (Wildman–Crippen LogP) is -8.28. The van der Waals surface area contributed by atoms with Crippen LogP contribution < -0.4 is 5.32 Å². The number of nitrogens with one attached hydrogen (secondary N) is 1. The summed E-state index contributed by atoms with van der Waals surface area (Å²) in [4.78, 5) is 24.2. The summed E-state index contributed by atoms with van der Waals surface area (Å²) >= 11 is 0. The Balaban J connectivity index is 1.99. The number of ether oxygens (including phenoxy) is 5. The first-order chi connectivity index (χ1) is 20.6. The first kappa shape index (κ1) is 36.7. The molecule has 13 N–H and O–H groups in total. The Kier molecular flexibility index (Phi) is 12.3. The lowest BCUT2D eigenvalue weighted by Gasteiger charge is -2.51. The smallest absolute Gasteiger partial charge is 0.367 e. The minimum absolute atomic E-state index is 0.917. The van der Waals surface area contributed by atoms with Gasteiger partial charge in [0.05, 0.1) is 25.9 Å². The Morgan fingerprint density at radius 3 is 2.02 bits per heavy atom. The number of carbonyl (C=O) groups is 2. The largest absolute Gasteiger partial charge is 0.477 e.